The number of rotatable bonds is 13. The van der Waals surface area contributed by atoms with Crippen LogP contribution < -0.4 is 0 Å². The Bertz CT molecular complexity index is 304. The monoisotopic (exact) mass is 354 g/mol. The van der Waals surface area contributed by atoms with Crippen LogP contribution in [0.2, 0.25) is 0 Å². The predicted octanol–water partition coefficient (Wildman–Crippen LogP) is 0.0876. The van der Waals surface area contributed by atoms with Gasteiger partial charge in [-0.25, -0.2) is 9.59 Å². The van der Waals surface area contributed by atoms with Gasteiger partial charge >= 0.3 is 12.3 Å². The zero-order valence-corrected chi connectivity index (χ0v) is 14.0. The molecule has 2 N–H and O–H groups in total. The third-order valence-corrected chi connectivity index (χ3v) is 2.29. The van der Waals surface area contributed by atoms with Crippen LogP contribution in [0.4, 0.5) is 9.59 Å². The van der Waals surface area contributed by atoms with Crippen molar-refractivity contribution in [1.82, 2.24) is 0 Å². The second kappa shape index (κ2) is 14.9. The van der Waals surface area contributed by atoms with Crippen molar-refractivity contribution in [2.75, 3.05) is 52.9 Å². The first-order chi connectivity index (χ1) is 11.5. The molecule has 2 unspecified atom stereocenters. The molecule has 0 aliphatic rings. The molecule has 0 aromatic heterocycles. The van der Waals surface area contributed by atoms with E-state index in [0.717, 1.165) is 0 Å². The summed E-state index contributed by atoms with van der Waals surface area (Å²) >= 11 is 0. The van der Waals surface area contributed by atoms with Crippen molar-refractivity contribution in [3.8, 4) is 0 Å². The highest BCUT2D eigenvalue weighted by Gasteiger charge is 2.12. The summed E-state index contributed by atoms with van der Waals surface area (Å²) < 4.78 is 29.3. The van der Waals surface area contributed by atoms with Gasteiger partial charge in [-0.2, -0.15) is 0 Å². The van der Waals surface area contributed by atoms with E-state index in [9.17, 15) is 9.59 Å². The van der Waals surface area contributed by atoms with Crippen LogP contribution in [0.25, 0.3) is 0 Å². The summed E-state index contributed by atoms with van der Waals surface area (Å²) in [5, 5.41) is 17.0. The van der Waals surface area contributed by atoms with E-state index in [0.29, 0.717) is 0 Å². The largest absolute Gasteiger partial charge is 0.508 e. The summed E-state index contributed by atoms with van der Waals surface area (Å²) in [6.07, 6.45) is -2.73. The molecule has 0 aliphatic heterocycles. The number of carbonyl (C=O) groups is 2. The Balaban J connectivity index is 3.52. The average Bonchev–Trinajstić information content (AvgIpc) is 2.54. The molecule has 0 fully saturated rings. The van der Waals surface area contributed by atoms with Crippen LogP contribution in [0.1, 0.15) is 13.8 Å². The molecule has 0 amide bonds. The van der Waals surface area contributed by atoms with Gasteiger partial charge in [-0.3, -0.25) is 0 Å². The number of aliphatic hydroxyl groups excluding tert-OH is 2. The van der Waals surface area contributed by atoms with Crippen molar-refractivity contribution in [2.24, 2.45) is 0 Å². The van der Waals surface area contributed by atoms with Gasteiger partial charge in [0, 0.05) is 0 Å². The van der Waals surface area contributed by atoms with Crippen LogP contribution in [0, 0.1) is 0 Å². The molecule has 0 radical (unpaired) electrons. The zero-order valence-electron chi connectivity index (χ0n) is 14.0. The molecule has 24 heavy (non-hydrogen) atoms. The van der Waals surface area contributed by atoms with E-state index in [-0.39, 0.29) is 52.9 Å². The lowest BCUT2D eigenvalue weighted by atomic mass is 10.4. The minimum atomic E-state index is -0.865. The lowest BCUT2D eigenvalue weighted by Gasteiger charge is -2.15. The molecule has 10 nitrogen and oxygen atoms in total. The molecule has 142 valence electrons. The molecule has 0 heterocycles. The van der Waals surface area contributed by atoms with E-state index in [1.54, 1.807) is 13.8 Å². The topological polar surface area (TPSA) is 130 Å². The quantitative estimate of drug-likeness (QED) is 0.346. The predicted molar refractivity (Wildman–Crippen MR) is 79.6 cm³/mol. The molecule has 0 saturated carbocycles. The fourth-order valence-corrected chi connectivity index (χ4v) is 1.34. The smallest absolute Gasteiger partial charge is 0.432 e. The minimum Gasteiger partial charge on any atom is -0.432 e. The van der Waals surface area contributed by atoms with Gasteiger partial charge in [-0.05, 0) is 13.8 Å². The van der Waals surface area contributed by atoms with Gasteiger partial charge in [-0.15, -0.1) is 0 Å². The summed E-state index contributed by atoms with van der Waals surface area (Å²) in [4.78, 5) is 22.2. The lowest BCUT2D eigenvalue weighted by Crippen LogP contribution is -2.24. The molecule has 0 aliphatic carbocycles. The maximum absolute atomic E-state index is 11.1. The van der Waals surface area contributed by atoms with Crippen LogP contribution in [-0.4, -0.2) is 87.6 Å². The van der Waals surface area contributed by atoms with Crippen molar-refractivity contribution in [1.29, 1.82) is 0 Å². The molecule has 0 rings (SSSR count). The molecular weight excluding hydrogens is 328 g/mol. The van der Waals surface area contributed by atoms with Gasteiger partial charge in [-0.1, -0.05) is 0 Å². The van der Waals surface area contributed by atoms with Crippen LogP contribution in [-0.2, 0) is 28.4 Å². The Labute approximate surface area is 140 Å². The van der Waals surface area contributed by atoms with E-state index >= 15 is 0 Å². The van der Waals surface area contributed by atoms with Crippen molar-refractivity contribution >= 4 is 12.3 Å². The van der Waals surface area contributed by atoms with Crippen molar-refractivity contribution < 1.29 is 48.2 Å². The minimum absolute atomic E-state index is 0.117. The Hall–Kier alpha value is -1.62. The summed E-state index contributed by atoms with van der Waals surface area (Å²) in [6.45, 7) is 3.36. The second-order valence-corrected chi connectivity index (χ2v) is 4.65. The van der Waals surface area contributed by atoms with Gasteiger partial charge in [0.25, 0.3) is 0 Å². The molecule has 0 aromatic carbocycles. The second-order valence-electron chi connectivity index (χ2n) is 4.65. The third-order valence-electron chi connectivity index (χ3n) is 2.29. The van der Waals surface area contributed by atoms with Gasteiger partial charge in [0.05, 0.1) is 39.6 Å². The summed E-state index contributed by atoms with van der Waals surface area (Å²) in [6, 6.07) is 0. The van der Waals surface area contributed by atoms with E-state index < -0.39 is 24.5 Å². The lowest BCUT2D eigenvalue weighted by molar-refractivity contribution is -0.0403. The highest BCUT2D eigenvalue weighted by atomic mass is 16.7. The zero-order chi connectivity index (χ0) is 18.2. The van der Waals surface area contributed by atoms with Gasteiger partial charge in [0.2, 0.25) is 0 Å². The van der Waals surface area contributed by atoms with E-state index in [4.69, 9.17) is 29.2 Å². The van der Waals surface area contributed by atoms with Crippen LogP contribution >= 0.6 is 0 Å². The first-order valence-corrected chi connectivity index (χ1v) is 7.53. The van der Waals surface area contributed by atoms with Crippen molar-refractivity contribution in [3.05, 3.63) is 0 Å². The molecule has 2 atom stereocenters. The Morgan fingerprint density at radius 1 is 0.750 bits per heavy atom. The molecule has 0 bridgehead atoms. The molecule has 0 spiro atoms. The first-order valence-electron chi connectivity index (χ1n) is 7.53. The Morgan fingerprint density at radius 2 is 1.12 bits per heavy atom. The summed E-state index contributed by atoms with van der Waals surface area (Å²) in [7, 11) is 0. The Morgan fingerprint density at radius 3 is 1.46 bits per heavy atom. The number of aliphatic hydroxyl groups is 2. The van der Waals surface area contributed by atoms with Crippen LogP contribution in [0.5, 0.6) is 0 Å². The fourth-order valence-electron chi connectivity index (χ4n) is 1.34. The van der Waals surface area contributed by atoms with Gasteiger partial charge in [0.15, 0.2) is 0 Å². The normalized spacial score (nSPS) is 13.0. The van der Waals surface area contributed by atoms with E-state index in [2.05, 4.69) is 9.47 Å². The number of carbonyl (C=O) groups excluding carboxylic acids is 2. The van der Waals surface area contributed by atoms with Gasteiger partial charge < -0.3 is 38.6 Å². The van der Waals surface area contributed by atoms with Crippen LogP contribution in [0.15, 0.2) is 0 Å². The molecule has 10 heteroatoms. The van der Waals surface area contributed by atoms with E-state index in [1.165, 1.54) is 0 Å². The molecule has 0 aromatic rings. The van der Waals surface area contributed by atoms with Gasteiger partial charge in [0.1, 0.15) is 25.4 Å². The SMILES string of the molecule is CC(COCCOCC(C)OC(=O)OCCO)OC(=O)OCCO. The number of ether oxygens (including phenoxy) is 6. The summed E-state index contributed by atoms with van der Waals surface area (Å²) in [5.41, 5.74) is 0. The van der Waals surface area contributed by atoms with Crippen LogP contribution in [0.3, 0.4) is 0 Å². The maximum Gasteiger partial charge on any atom is 0.508 e. The van der Waals surface area contributed by atoms with Crippen molar-refractivity contribution in [3.63, 3.8) is 0 Å². The fraction of sp³-hybridized carbons (Fsp3) is 0.857. The third kappa shape index (κ3) is 14.0. The average molecular weight is 354 g/mol. The summed E-state index contributed by atoms with van der Waals surface area (Å²) in [5.74, 6) is 0. The molecular formula is C14H26O10. The number of hydrogen-bond acceptors (Lipinski definition) is 10. The highest BCUT2D eigenvalue weighted by molar-refractivity contribution is 5.60. The number of hydrogen-bond donors (Lipinski definition) is 2. The highest BCUT2D eigenvalue weighted by Crippen LogP contribution is 1.98. The molecule has 0 saturated heterocycles. The Kier molecular flexibility index (Phi) is 13.9. The first kappa shape index (κ1) is 22.4. The van der Waals surface area contributed by atoms with Crippen molar-refractivity contribution in [2.45, 2.75) is 26.1 Å². The maximum atomic E-state index is 11.1. The standard InChI is InChI=1S/C14H26O10/c1-11(23-13(17)21-5-3-15)9-19-7-8-20-10-12(2)24-14(18)22-6-4-16/h11-12,15-16H,3-10H2,1-2H3. The van der Waals surface area contributed by atoms with E-state index in [1.807, 2.05) is 0 Å².